The summed E-state index contributed by atoms with van der Waals surface area (Å²) in [4.78, 5) is 22.6. The van der Waals surface area contributed by atoms with Gasteiger partial charge in [-0.2, -0.15) is 5.26 Å². The minimum atomic E-state index is -0.529. The Bertz CT molecular complexity index is 1480. The third kappa shape index (κ3) is 3.88. The topological polar surface area (TPSA) is 121 Å². The predicted octanol–water partition coefficient (Wildman–Crippen LogP) is 3.43. The number of amides is 1. The van der Waals surface area contributed by atoms with Crippen molar-refractivity contribution in [3.63, 3.8) is 0 Å². The fourth-order valence-corrected chi connectivity index (χ4v) is 4.12. The van der Waals surface area contributed by atoms with Crippen LogP contribution in [0.25, 0.3) is 33.9 Å². The second-order valence-corrected chi connectivity index (χ2v) is 8.44. The maximum Gasteiger partial charge on any atom is 0.264 e. The van der Waals surface area contributed by atoms with E-state index < -0.39 is 12.0 Å². The molecule has 0 spiro atoms. The number of anilines is 1. The number of fused-ring (bicyclic) bond motifs is 1. The number of nitriles is 1. The van der Waals surface area contributed by atoms with E-state index >= 15 is 0 Å². The highest BCUT2D eigenvalue weighted by atomic mass is 35.5. The summed E-state index contributed by atoms with van der Waals surface area (Å²) in [6.07, 6.45) is 4.36. The van der Waals surface area contributed by atoms with E-state index in [4.69, 9.17) is 17.3 Å². The molecule has 5 rings (SSSR count). The number of nitrogen functional groups attached to an aromatic ring is 1. The normalized spacial score (nSPS) is 14.1. The number of halogens is 1. The molecule has 0 unspecified atom stereocenters. The second-order valence-electron chi connectivity index (χ2n) is 8.01. The van der Waals surface area contributed by atoms with Crippen molar-refractivity contribution in [3.05, 3.63) is 77.2 Å². The number of hydrogen-bond acceptors (Lipinski definition) is 6. The van der Waals surface area contributed by atoms with Crippen LogP contribution in [0.1, 0.15) is 5.56 Å². The number of hydrogen-bond donors (Lipinski definition) is 2. The van der Waals surface area contributed by atoms with Crippen molar-refractivity contribution in [1.29, 1.82) is 5.26 Å². The van der Waals surface area contributed by atoms with Gasteiger partial charge in [-0.25, -0.2) is 9.97 Å². The molecule has 1 saturated heterocycles. The zero-order valence-corrected chi connectivity index (χ0v) is 18.6. The standard InChI is InChI=1S/C25H19ClN6O2/c26-18-6-4-16(5-7-18)21-13-32(24-22(21)23(28)29-14-30-24)19-3-1-2-15(9-19)8-17(10-27)25(34)31-11-20(33)12-31/h1-9,13-14,20,33H,11-12H2,(H2,28,29,30)/b17-8-. The Morgan fingerprint density at radius 3 is 2.68 bits per heavy atom. The quantitative estimate of drug-likeness (QED) is 0.348. The number of aliphatic hydroxyl groups is 1. The van der Waals surface area contributed by atoms with E-state index in [0.717, 1.165) is 22.2 Å². The largest absolute Gasteiger partial charge is 0.389 e. The average Bonchev–Trinajstić information content (AvgIpc) is 3.22. The van der Waals surface area contributed by atoms with Gasteiger partial charge in [0.2, 0.25) is 0 Å². The van der Waals surface area contributed by atoms with Gasteiger partial charge in [0.05, 0.1) is 11.5 Å². The third-order valence-corrected chi connectivity index (χ3v) is 5.98. The SMILES string of the molecule is N#C/C(=C/c1cccc(-n2cc(-c3ccc(Cl)cc3)c3c(N)ncnc32)c1)C(=O)N1CC(O)C1. The van der Waals surface area contributed by atoms with Gasteiger partial charge in [-0.3, -0.25) is 4.79 Å². The summed E-state index contributed by atoms with van der Waals surface area (Å²) in [7, 11) is 0. The van der Waals surface area contributed by atoms with Crippen molar-refractivity contribution in [2.24, 2.45) is 0 Å². The van der Waals surface area contributed by atoms with E-state index in [9.17, 15) is 15.2 Å². The summed E-state index contributed by atoms with van der Waals surface area (Å²) in [5.74, 6) is -0.0333. The average molecular weight is 471 g/mol. The molecule has 9 heteroatoms. The summed E-state index contributed by atoms with van der Waals surface area (Å²) < 4.78 is 1.90. The molecule has 1 aliphatic rings. The molecule has 1 aliphatic heterocycles. The Morgan fingerprint density at radius 2 is 1.97 bits per heavy atom. The van der Waals surface area contributed by atoms with Crippen LogP contribution in [0.2, 0.25) is 5.02 Å². The molecule has 168 valence electrons. The first kappa shape index (κ1) is 21.6. The maximum atomic E-state index is 12.5. The molecule has 1 amide bonds. The minimum absolute atomic E-state index is 0.00911. The molecule has 3 heterocycles. The summed E-state index contributed by atoms with van der Waals surface area (Å²) in [6, 6.07) is 16.8. The van der Waals surface area contributed by atoms with Gasteiger partial charge < -0.3 is 20.3 Å². The lowest BCUT2D eigenvalue weighted by molar-refractivity contribution is -0.136. The monoisotopic (exact) mass is 470 g/mol. The number of carbonyl (C=O) groups excluding carboxylic acids is 1. The Kier molecular flexibility index (Phi) is 5.49. The van der Waals surface area contributed by atoms with Crippen molar-refractivity contribution in [2.45, 2.75) is 6.10 Å². The first-order chi connectivity index (χ1) is 16.4. The van der Waals surface area contributed by atoms with E-state index in [1.807, 2.05) is 65.4 Å². The number of aliphatic hydroxyl groups excluding tert-OH is 1. The van der Waals surface area contributed by atoms with Gasteiger partial charge >= 0.3 is 0 Å². The van der Waals surface area contributed by atoms with Gasteiger partial charge in [0, 0.05) is 35.6 Å². The van der Waals surface area contributed by atoms with Crippen LogP contribution in [0, 0.1) is 11.3 Å². The van der Waals surface area contributed by atoms with Crippen molar-refractivity contribution in [2.75, 3.05) is 18.8 Å². The van der Waals surface area contributed by atoms with Crippen molar-refractivity contribution in [1.82, 2.24) is 19.4 Å². The number of nitrogens with two attached hydrogens (primary N) is 1. The maximum absolute atomic E-state index is 12.5. The molecule has 34 heavy (non-hydrogen) atoms. The first-order valence-corrected chi connectivity index (χ1v) is 10.9. The summed E-state index contributed by atoms with van der Waals surface area (Å²) in [5.41, 5.74) is 10.1. The van der Waals surface area contributed by atoms with Gasteiger partial charge in [0.15, 0.2) is 5.65 Å². The summed E-state index contributed by atoms with van der Waals surface area (Å²) in [5, 5.41) is 20.3. The number of carbonyl (C=O) groups is 1. The fraction of sp³-hybridized carbons (Fsp3) is 0.120. The molecule has 2 aromatic heterocycles. The Labute approximate surface area is 200 Å². The van der Waals surface area contributed by atoms with Crippen molar-refractivity contribution >= 4 is 40.4 Å². The first-order valence-electron chi connectivity index (χ1n) is 10.5. The molecule has 3 N–H and O–H groups in total. The molecular weight excluding hydrogens is 452 g/mol. The lowest BCUT2D eigenvalue weighted by Crippen LogP contribution is -2.53. The number of aromatic nitrogens is 3. The molecular formula is C25H19ClN6O2. The minimum Gasteiger partial charge on any atom is -0.389 e. The van der Waals surface area contributed by atoms with Gasteiger partial charge in [-0.1, -0.05) is 35.9 Å². The van der Waals surface area contributed by atoms with E-state index in [2.05, 4.69) is 9.97 Å². The predicted molar refractivity (Wildman–Crippen MR) is 130 cm³/mol. The van der Waals surface area contributed by atoms with Crippen LogP contribution < -0.4 is 5.73 Å². The van der Waals surface area contributed by atoms with Crippen LogP contribution in [0.15, 0.2) is 66.6 Å². The molecule has 8 nitrogen and oxygen atoms in total. The molecule has 0 atom stereocenters. The molecule has 0 radical (unpaired) electrons. The zero-order chi connectivity index (χ0) is 23.8. The number of likely N-dealkylation sites (tertiary alicyclic amines) is 1. The Hall–Kier alpha value is -4.19. The van der Waals surface area contributed by atoms with Crippen molar-refractivity contribution < 1.29 is 9.90 Å². The number of benzene rings is 2. The third-order valence-electron chi connectivity index (χ3n) is 5.73. The summed E-state index contributed by atoms with van der Waals surface area (Å²) >= 11 is 6.06. The van der Waals surface area contributed by atoms with Gasteiger partial charge in [0.1, 0.15) is 23.8 Å². The van der Waals surface area contributed by atoms with E-state index in [1.54, 1.807) is 6.08 Å². The van der Waals surface area contributed by atoms with Crippen molar-refractivity contribution in [3.8, 4) is 22.9 Å². The highest BCUT2D eigenvalue weighted by molar-refractivity contribution is 6.30. The molecule has 0 aliphatic carbocycles. The number of β-amino-alcohol motifs (C(OH)–C–C–N with tert-alkyl or cyclic N) is 1. The van der Waals surface area contributed by atoms with Gasteiger partial charge in [0.25, 0.3) is 5.91 Å². The zero-order valence-electron chi connectivity index (χ0n) is 17.9. The van der Waals surface area contributed by atoms with Crippen LogP contribution in [0.4, 0.5) is 5.82 Å². The fourth-order valence-electron chi connectivity index (χ4n) is 3.99. The summed E-state index contributed by atoms with van der Waals surface area (Å²) in [6.45, 7) is 0.476. The van der Waals surface area contributed by atoms with Crippen LogP contribution in [-0.2, 0) is 4.79 Å². The van der Waals surface area contributed by atoms with E-state index in [-0.39, 0.29) is 18.7 Å². The Morgan fingerprint density at radius 1 is 1.21 bits per heavy atom. The smallest absolute Gasteiger partial charge is 0.264 e. The highest BCUT2D eigenvalue weighted by Gasteiger charge is 2.30. The van der Waals surface area contributed by atoms with Crippen LogP contribution in [-0.4, -0.2) is 49.6 Å². The van der Waals surface area contributed by atoms with Gasteiger partial charge in [-0.15, -0.1) is 0 Å². The van der Waals surface area contributed by atoms with Crippen LogP contribution >= 0.6 is 11.6 Å². The van der Waals surface area contributed by atoms with Crippen LogP contribution in [0.5, 0.6) is 0 Å². The number of rotatable bonds is 4. The van der Waals surface area contributed by atoms with Crippen LogP contribution in [0.3, 0.4) is 0 Å². The molecule has 0 saturated carbocycles. The molecule has 0 bridgehead atoms. The lowest BCUT2D eigenvalue weighted by atomic mass is 10.1. The number of nitrogens with zero attached hydrogens (tertiary/aromatic N) is 5. The van der Waals surface area contributed by atoms with E-state index in [1.165, 1.54) is 11.2 Å². The van der Waals surface area contributed by atoms with Gasteiger partial charge in [-0.05, 0) is 41.5 Å². The Balaban J connectivity index is 1.58. The van der Waals surface area contributed by atoms with E-state index in [0.29, 0.717) is 22.1 Å². The molecule has 4 aromatic rings. The molecule has 2 aromatic carbocycles. The second kappa shape index (κ2) is 8.63. The lowest BCUT2D eigenvalue weighted by Gasteiger charge is -2.35. The molecule has 1 fully saturated rings. The highest BCUT2D eigenvalue weighted by Crippen LogP contribution is 2.35.